The van der Waals surface area contributed by atoms with Gasteiger partial charge in [0.1, 0.15) is 29.4 Å². The second kappa shape index (κ2) is 7.09. The van der Waals surface area contributed by atoms with Gasteiger partial charge in [0.25, 0.3) is 5.56 Å². The highest BCUT2D eigenvalue weighted by Crippen LogP contribution is 2.37. The standard InChI is InChI=1S/C18H15ClN8O.H2S/c1-25-16(24-27-6-4-11(19)14(27)18(25)28)12-3-2-5-26(12)17-13-10(7-20)8-21-15(13)22-9-23-17;/h4,6,8-9,12H,2-3,5H2,1H3,(H,21,22,23);1H2/t12-;/m0./s1. The van der Waals surface area contributed by atoms with Crippen LogP contribution in [0, 0.1) is 11.3 Å². The molecule has 9 nitrogen and oxygen atoms in total. The van der Waals surface area contributed by atoms with Gasteiger partial charge >= 0.3 is 0 Å². The highest BCUT2D eigenvalue weighted by atomic mass is 35.5. The third kappa shape index (κ3) is 2.77. The fraction of sp³-hybridized carbons (Fsp3) is 0.278. The van der Waals surface area contributed by atoms with E-state index in [4.69, 9.17) is 11.6 Å². The Hall–Kier alpha value is -3.03. The molecule has 0 unspecified atom stereocenters. The highest BCUT2D eigenvalue weighted by Gasteiger charge is 2.33. The predicted molar refractivity (Wildman–Crippen MR) is 114 cm³/mol. The van der Waals surface area contributed by atoms with E-state index in [0.29, 0.717) is 38.8 Å². The number of nitrogens with zero attached hydrogens (tertiary/aromatic N) is 7. The molecular weight excluding hydrogens is 412 g/mol. The fourth-order valence-electron chi connectivity index (χ4n) is 3.95. The number of halogens is 1. The van der Waals surface area contributed by atoms with Gasteiger partial charge in [-0.1, -0.05) is 11.6 Å². The van der Waals surface area contributed by atoms with E-state index >= 15 is 0 Å². The zero-order chi connectivity index (χ0) is 19.4. The van der Waals surface area contributed by atoms with Gasteiger partial charge in [0.15, 0.2) is 5.82 Å². The van der Waals surface area contributed by atoms with Crippen LogP contribution < -0.4 is 10.5 Å². The van der Waals surface area contributed by atoms with Crippen LogP contribution in [0.3, 0.4) is 0 Å². The molecule has 1 aliphatic rings. The maximum Gasteiger partial charge on any atom is 0.279 e. The van der Waals surface area contributed by atoms with E-state index in [-0.39, 0.29) is 25.1 Å². The molecule has 5 heterocycles. The van der Waals surface area contributed by atoms with E-state index in [1.54, 1.807) is 30.1 Å². The second-order valence-corrected chi connectivity index (χ2v) is 7.17. The third-order valence-electron chi connectivity index (χ3n) is 5.27. The molecule has 0 bridgehead atoms. The maximum absolute atomic E-state index is 12.8. The molecule has 11 heteroatoms. The van der Waals surface area contributed by atoms with Crippen LogP contribution in [0.2, 0.25) is 5.02 Å². The highest BCUT2D eigenvalue weighted by molar-refractivity contribution is 7.59. The van der Waals surface area contributed by atoms with Crippen molar-refractivity contribution in [3.8, 4) is 6.07 Å². The summed E-state index contributed by atoms with van der Waals surface area (Å²) in [5, 5.41) is 15.2. The normalized spacial score (nSPS) is 16.3. The molecule has 1 saturated heterocycles. The van der Waals surface area contributed by atoms with Crippen LogP contribution in [-0.2, 0) is 7.05 Å². The monoisotopic (exact) mass is 428 g/mol. The van der Waals surface area contributed by atoms with Crippen LogP contribution in [0.1, 0.15) is 30.3 Å². The van der Waals surface area contributed by atoms with Gasteiger partial charge in [-0.2, -0.15) is 23.9 Å². The zero-order valence-electron chi connectivity index (χ0n) is 15.4. The Morgan fingerprint density at radius 2 is 2.21 bits per heavy atom. The average molecular weight is 429 g/mol. The van der Waals surface area contributed by atoms with Crippen LogP contribution in [-0.4, -0.2) is 35.7 Å². The van der Waals surface area contributed by atoms with Crippen molar-refractivity contribution >= 4 is 47.5 Å². The molecule has 0 amide bonds. The molecule has 4 aromatic rings. The topological polar surface area (TPSA) is 108 Å². The molecule has 1 atom stereocenters. The quantitative estimate of drug-likeness (QED) is 0.524. The Kier molecular flexibility index (Phi) is 4.72. The number of anilines is 1. The Morgan fingerprint density at radius 1 is 1.38 bits per heavy atom. The van der Waals surface area contributed by atoms with Crippen molar-refractivity contribution < 1.29 is 0 Å². The van der Waals surface area contributed by atoms with Crippen molar-refractivity contribution in [2.24, 2.45) is 7.05 Å². The number of nitriles is 1. The minimum absolute atomic E-state index is 0. The lowest BCUT2D eigenvalue weighted by molar-refractivity contribution is 0.576. The van der Waals surface area contributed by atoms with E-state index in [9.17, 15) is 10.1 Å². The van der Waals surface area contributed by atoms with E-state index in [1.807, 2.05) is 0 Å². The molecule has 148 valence electrons. The number of aromatic nitrogens is 6. The van der Waals surface area contributed by atoms with Gasteiger partial charge in [0.05, 0.1) is 22.0 Å². The molecule has 0 aliphatic carbocycles. The number of hydrogen-bond acceptors (Lipinski definition) is 6. The lowest BCUT2D eigenvalue weighted by Gasteiger charge is -2.26. The molecule has 5 rings (SSSR count). The summed E-state index contributed by atoms with van der Waals surface area (Å²) in [4.78, 5) is 26.6. The number of rotatable bonds is 2. The first kappa shape index (κ1) is 19.3. The maximum atomic E-state index is 12.8. The van der Waals surface area contributed by atoms with Gasteiger partial charge in [-0.25, -0.2) is 14.5 Å². The molecule has 0 saturated carbocycles. The summed E-state index contributed by atoms with van der Waals surface area (Å²) >= 11 is 6.14. The molecule has 0 aromatic carbocycles. The van der Waals surface area contributed by atoms with Gasteiger partial charge in [0, 0.05) is 26.0 Å². The molecule has 4 aromatic heterocycles. The lowest BCUT2D eigenvalue weighted by atomic mass is 10.2. The van der Waals surface area contributed by atoms with Crippen molar-refractivity contribution in [1.29, 1.82) is 5.26 Å². The molecule has 1 N–H and O–H groups in total. The second-order valence-electron chi connectivity index (χ2n) is 6.77. The van der Waals surface area contributed by atoms with Gasteiger partial charge in [-0.15, -0.1) is 0 Å². The molecule has 0 spiro atoms. The van der Waals surface area contributed by atoms with E-state index in [1.165, 1.54) is 10.8 Å². The SMILES string of the molecule is Cn1c([C@@H]2CCCN2c2ncnc3[nH]cc(C#N)c23)nn2ccc(Cl)c2c1=O.S. The first-order chi connectivity index (χ1) is 13.6. The van der Waals surface area contributed by atoms with Crippen molar-refractivity contribution in [2.75, 3.05) is 11.4 Å². The van der Waals surface area contributed by atoms with Crippen LogP contribution >= 0.6 is 25.1 Å². The van der Waals surface area contributed by atoms with Crippen LogP contribution in [0.25, 0.3) is 16.6 Å². The minimum Gasteiger partial charge on any atom is -0.346 e. The summed E-state index contributed by atoms with van der Waals surface area (Å²) in [6, 6.07) is 3.70. The fourth-order valence-corrected chi connectivity index (χ4v) is 4.18. The van der Waals surface area contributed by atoms with Gasteiger partial charge < -0.3 is 9.88 Å². The number of hydrogen-bond donors (Lipinski definition) is 1. The zero-order valence-corrected chi connectivity index (χ0v) is 17.2. The minimum atomic E-state index is -0.195. The third-order valence-corrected chi connectivity index (χ3v) is 5.58. The largest absolute Gasteiger partial charge is 0.346 e. The Morgan fingerprint density at radius 3 is 3.00 bits per heavy atom. The van der Waals surface area contributed by atoms with E-state index in [0.717, 1.165) is 19.4 Å². The number of nitrogens with one attached hydrogen (secondary N) is 1. The van der Waals surface area contributed by atoms with Gasteiger partial charge in [-0.3, -0.25) is 9.36 Å². The average Bonchev–Trinajstić information content (AvgIpc) is 3.42. The Bertz CT molecular complexity index is 1330. The predicted octanol–water partition coefficient (Wildman–Crippen LogP) is 2.28. The summed E-state index contributed by atoms with van der Waals surface area (Å²) in [7, 11) is 1.71. The van der Waals surface area contributed by atoms with E-state index in [2.05, 4.69) is 31.0 Å². The lowest BCUT2D eigenvalue weighted by Crippen LogP contribution is -2.32. The van der Waals surface area contributed by atoms with Crippen molar-refractivity contribution in [2.45, 2.75) is 18.9 Å². The van der Waals surface area contributed by atoms with E-state index < -0.39 is 0 Å². The Labute approximate surface area is 177 Å². The van der Waals surface area contributed by atoms with Crippen molar-refractivity contribution in [1.82, 2.24) is 29.1 Å². The molecule has 29 heavy (non-hydrogen) atoms. The molecule has 1 fully saturated rings. The smallest absolute Gasteiger partial charge is 0.279 e. The molecule has 1 aliphatic heterocycles. The van der Waals surface area contributed by atoms with Crippen molar-refractivity contribution in [3.63, 3.8) is 0 Å². The summed E-state index contributed by atoms with van der Waals surface area (Å²) in [6.07, 6.45) is 6.54. The number of H-pyrrole nitrogens is 1. The summed E-state index contributed by atoms with van der Waals surface area (Å²) in [6.45, 7) is 0.743. The Balaban J connectivity index is 0.00000205. The van der Waals surface area contributed by atoms with Gasteiger partial charge in [0.2, 0.25) is 0 Å². The first-order valence-corrected chi connectivity index (χ1v) is 9.20. The van der Waals surface area contributed by atoms with Crippen LogP contribution in [0.15, 0.2) is 29.6 Å². The van der Waals surface area contributed by atoms with Crippen LogP contribution in [0.5, 0.6) is 0 Å². The molecule has 0 radical (unpaired) electrons. The summed E-state index contributed by atoms with van der Waals surface area (Å²) in [5.41, 5.74) is 1.27. The first-order valence-electron chi connectivity index (χ1n) is 8.82. The number of aromatic amines is 1. The number of fused-ring (bicyclic) bond motifs is 2. The van der Waals surface area contributed by atoms with Crippen molar-refractivity contribution in [3.05, 3.63) is 51.6 Å². The van der Waals surface area contributed by atoms with Gasteiger partial charge in [-0.05, 0) is 18.9 Å². The summed E-state index contributed by atoms with van der Waals surface area (Å²) < 4.78 is 3.08. The van der Waals surface area contributed by atoms with Crippen LogP contribution in [0.4, 0.5) is 5.82 Å². The summed E-state index contributed by atoms with van der Waals surface area (Å²) in [5.74, 6) is 1.30. The molecular formula is C18H17ClN8OS.